The van der Waals surface area contributed by atoms with E-state index in [-0.39, 0.29) is 11.1 Å². The van der Waals surface area contributed by atoms with Crippen LogP contribution in [0.25, 0.3) is 10.8 Å². The second-order valence-electron chi connectivity index (χ2n) is 11.2. The molecule has 0 saturated carbocycles. The van der Waals surface area contributed by atoms with E-state index < -0.39 is 5.91 Å². The van der Waals surface area contributed by atoms with E-state index in [2.05, 4.69) is 36.1 Å². The van der Waals surface area contributed by atoms with Gasteiger partial charge < -0.3 is 20.0 Å². The molecule has 1 aliphatic heterocycles. The number of benzene rings is 3. The maximum absolute atomic E-state index is 13.6. The van der Waals surface area contributed by atoms with E-state index in [1.807, 2.05) is 72.8 Å². The second-order valence-corrected chi connectivity index (χ2v) is 11.2. The van der Waals surface area contributed by atoms with Crippen LogP contribution in [0.3, 0.4) is 0 Å². The number of ether oxygens (including phenoxy) is 2. The fourth-order valence-electron chi connectivity index (χ4n) is 4.86. The number of amides is 1. The minimum absolute atomic E-state index is 0.112. The molecule has 9 nitrogen and oxygen atoms in total. The van der Waals surface area contributed by atoms with Gasteiger partial charge in [0, 0.05) is 41.5 Å². The summed E-state index contributed by atoms with van der Waals surface area (Å²) in [5.41, 5.74) is 2.47. The number of rotatable bonds is 9. The third-order valence-corrected chi connectivity index (χ3v) is 7.18. The average molecular weight is 556 g/mol. The minimum Gasteiger partial charge on any atom is -0.492 e. The molecule has 3 aromatic carbocycles. The Bertz CT molecular complexity index is 1520. The van der Waals surface area contributed by atoms with Crippen LogP contribution < -0.4 is 10.1 Å². The highest BCUT2D eigenvalue weighted by Crippen LogP contribution is 2.32. The number of aromatic nitrogens is 2. The van der Waals surface area contributed by atoms with Crippen LogP contribution in [0.1, 0.15) is 37.7 Å². The predicted molar refractivity (Wildman–Crippen MR) is 160 cm³/mol. The van der Waals surface area contributed by atoms with Crippen molar-refractivity contribution in [2.45, 2.75) is 32.7 Å². The fraction of sp³-hybridized carbons (Fsp3) is 0.344. The van der Waals surface area contributed by atoms with Crippen molar-refractivity contribution in [3.8, 4) is 5.75 Å². The Morgan fingerprint density at radius 2 is 1.73 bits per heavy atom. The molecule has 0 bridgehead atoms. The first-order chi connectivity index (χ1) is 19.8. The van der Waals surface area contributed by atoms with Crippen LogP contribution in [-0.4, -0.2) is 71.0 Å². The van der Waals surface area contributed by atoms with Gasteiger partial charge in [0.1, 0.15) is 12.4 Å². The van der Waals surface area contributed by atoms with Crippen molar-refractivity contribution in [2.75, 3.05) is 44.8 Å². The summed E-state index contributed by atoms with van der Waals surface area (Å²) in [5.74, 6) is 0.215. The molecule has 41 heavy (non-hydrogen) atoms. The Morgan fingerprint density at radius 3 is 2.44 bits per heavy atom. The largest absolute Gasteiger partial charge is 0.492 e. The zero-order valence-corrected chi connectivity index (χ0v) is 23.8. The summed E-state index contributed by atoms with van der Waals surface area (Å²) in [5, 5.41) is 22.9. The summed E-state index contributed by atoms with van der Waals surface area (Å²) in [6.07, 6.45) is 0. The first-order valence-electron chi connectivity index (χ1n) is 13.9. The first kappa shape index (κ1) is 28.3. The molecule has 0 unspecified atom stereocenters. The summed E-state index contributed by atoms with van der Waals surface area (Å²) in [6.45, 7) is 11.3. The maximum Gasteiger partial charge on any atom is 0.279 e. The molecule has 0 aliphatic carbocycles. The third kappa shape index (κ3) is 6.75. The zero-order valence-electron chi connectivity index (χ0n) is 23.8. The van der Waals surface area contributed by atoms with Gasteiger partial charge in [0.2, 0.25) is 0 Å². The first-order valence-corrected chi connectivity index (χ1v) is 13.9. The zero-order chi connectivity index (χ0) is 28.8. The molecule has 0 spiro atoms. The van der Waals surface area contributed by atoms with Crippen molar-refractivity contribution in [1.29, 1.82) is 0 Å². The molecule has 5 rings (SSSR count). The highest BCUT2D eigenvalue weighted by Gasteiger charge is 2.26. The molecule has 0 radical (unpaired) electrons. The van der Waals surface area contributed by atoms with Gasteiger partial charge in [0.25, 0.3) is 5.91 Å². The normalized spacial score (nSPS) is 14.8. The lowest BCUT2D eigenvalue weighted by Gasteiger charge is -2.26. The van der Waals surface area contributed by atoms with Crippen LogP contribution in [0.5, 0.6) is 5.75 Å². The molecule has 0 atom stereocenters. The lowest BCUT2D eigenvalue weighted by atomic mass is 9.92. The molecule has 1 amide bonds. The Hall–Kier alpha value is -4.21. The number of oxime groups is 1. The lowest BCUT2D eigenvalue weighted by molar-refractivity contribution is -0.110. The Morgan fingerprint density at radius 1 is 1.02 bits per heavy atom. The molecule has 4 aromatic rings. The standard InChI is InChI=1S/C32H37N5O4/c1-32(2,3)29-21-27(37(34-29)22-23-9-5-4-6-10-23)30(35-39)31(38)33-26-13-14-28(25-12-8-7-11-24(25)26)41-20-17-36-15-18-40-19-16-36/h4-14,21,39H,15-20,22H2,1-3H3,(H,33,38). The summed E-state index contributed by atoms with van der Waals surface area (Å²) in [4.78, 5) is 15.9. The van der Waals surface area contributed by atoms with Crippen molar-refractivity contribution in [2.24, 2.45) is 5.16 Å². The Balaban J connectivity index is 1.38. The molecule has 2 N–H and O–H groups in total. The Kier molecular flexibility index (Phi) is 8.66. The van der Waals surface area contributed by atoms with Gasteiger partial charge in [-0.1, -0.05) is 80.5 Å². The van der Waals surface area contributed by atoms with Crippen LogP contribution in [0.15, 0.2) is 78.0 Å². The van der Waals surface area contributed by atoms with E-state index in [1.165, 1.54) is 0 Å². The SMILES string of the molecule is CC(C)(C)c1cc(C(=NO)C(=O)Nc2ccc(OCCN3CCOCC3)c3ccccc23)n(Cc2ccccc2)n1. The molecule has 1 fully saturated rings. The summed E-state index contributed by atoms with van der Waals surface area (Å²) in [7, 11) is 0. The van der Waals surface area contributed by atoms with Crippen LogP contribution in [0.2, 0.25) is 0 Å². The van der Waals surface area contributed by atoms with E-state index in [0.717, 1.165) is 60.6 Å². The van der Waals surface area contributed by atoms with E-state index in [0.29, 0.717) is 24.5 Å². The van der Waals surface area contributed by atoms with Crippen molar-refractivity contribution in [3.63, 3.8) is 0 Å². The molecule has 9 heteroatoms. The van der Waals surface area contributed by atoms with Gasteiger partial charge in [-0.05, 0) is 23.8 Å². The van der Waals surface area contributed by atoms with Crippen molar-refractivity contribution >= 4 is 28.1 Å². The van der Waals surface area contributed by atoms with E-state index in [4.69, 9.17) is 14.6 Å². The van der Waals surface area contributed by atoms with Crippen molar-refractivity contribution in [3.05, 3.63) is 89.7 Å². The van der Waals surface area contributed by atoms with E-state index in [1.54, 1.807) is 4.68 Å². The van der Waals surface area contributed by atoms with E-state index in [9.17, 15) is 10.0 Å². The lowest BCUT2D eigenvalue weighted by Crippen LogP contribution is -2.38. The number of fused-ring (bicyclic) bond motifs is 1. The summed E-state index contributed by atoms with van der Waals surface area (Å²) < 4.78 is 13.3. The number of nitrogens with zero attached hydrogens (tertiary/aromatic N) is 4. The number of carbonyl (C=O) groups is 1. The van der Waals surface area contributed by atoms with E-state index >= 15 is 0 Å². The van der Waals surface area contributed by atoms with Gasteiger partial charge in [-0.25, -0.2) is 0 Å². The van der Waals surface area contributed by atoms with Crippen molar-refractivity contribution < 1.29 is 19.5 Å². The third-order valence-electron chi connectivity index (χ3n) is 7.18. The fourth-order valence-corrected chi connectivity index (χ4v) is 4.86. The van der Waals surface area contributed by atoms with Crippen LogP contribution in [0, 0.1) is 0 Å². The molecule has 1 aliphatic rings. The van der Waals surface area contributed by atoms with Crippen LogP contribution in [0.4, 0.5) is 5.69 Å². The smallest absolute Gasteiger partial charge is 0.279 e. The predicted octanol–water partition coefficient (Wildman–Crippen LogP) is 4.91. The molecule has 1 saturated heterocycles. The van der Waals surface area contributed by atoms with Crippen LogP contribution in [-0.2, 0) is 21.5 Å². The number of nitrogens with one attached hydrogen (secondary N) is 1. The minimum atomic E-state index is -0.534. The quantitative estimate of drug-likeness (QED) is 0.173. The average Bonchev–Trinajstić information content (AvgIpc) is 3.39. The van der Waals surface area contributed by atoms with Gasteiger partial charge in [0.15, 0.2) is 5.71 Å². The van der Waals surface area contributed by atoms with Gasteiger partial charge in [-0.15, -0.1) is 0 Å². The molecule has 1 aromatic heterocycles. The summed E-state index contributed by atoms with van der Waals surface area (Å²) >= 11 is 0. The number of hydrogen-bond donors (Lipinski definition) is 2. The maximum atomic E-state index is 13.6. The van der Waals surface area contributed by atoms with Gasteiger partial charge >= 0.3 is 0 Å². The number of morpholine rings is 1. The highest BCUT2D eigenvalue weighted by molar-refractivity contribution is 6.48. The Labute approximate surface area is 240 Å². The van der Waals surface area contributed by atoms with Gasteiger partial charge in [-0.2, -0.15) is 5.10 Å². The number of anilines is 1. The van der Waals surface area contributed by atoms with Gasteiger partial charge in [0.05, 0.1) is 31.1 Å². The molecule has 214 valence electrons. The van der Waals surface area contributed by atoms with Crippen LogP contribution >= 0.6 is 0 Å². The van der Waals surface area contributed by atoms with Crippen molar-refractivity contribution in [1.82, 2.24) is 14.7 Å². The summed E-state index contributed by atoms with van der Waals surface area (Å²) in [6, 6.07) is 23.1. The van der Waals surface area contributed by atoms with Gasteiger partial charge in [-0.3, -0.25) is 14.4 Å². The molecular weight excluding hydrogens is 518 g/mol. The number of hydrogen-bond acceptors (Lipinski definition) is 7. The number of carbonyl (C=O) groups excluding carboxylic acids is 1. The highest BCUT2D eigenvalue weighted by atomic mass is 16.5. The monoisotopic (exact) mass is 555 g/mol. The topological polar surface area (TPSA) is 101 Å². The second kappa shape index (κ2) is 12.5. The molecule has 2 heterocycles. The molecular formula is C32H37N5O4.